The molecule has 0 rings (SSSR count). The number of thiol groups is 1. The number of thiocarbonyl (C=S) groups is 1. The van der Waals surface area contributed by atoms with Gasteiger partial charge in [-0.15, -0.1) is 12.6 Å². The Kier molecular flexibility index (Phi) is 15.8. The van der Waals surface area contributed by atoms with Crippen LogP contribution in [0.1, 0.15) is 77.0 Å². The van der Waals surface area contributed by atoms with Crippen molar-refractivity contribution in [3.8, 4) is 0 Å². The summed E-state index contributed by atoms with van der Waals surface area (Å²) in [6.07, 6.45) is 13.8. The van der Waals surface area contributed by atoms with Gasteiger partial charge in [-0.1, -0.05) is 70.0 Å². The first-order valence-electron chi connectivity index (χ1n) is 8.06. The normalized spacial score (nSPS) is 10.4. The summed E-state index contributed by atoms with van der Waals surface area (Å²) in [5.41, 5.74) is 1.66. The van der Waals surface area contributed by atoms with Crippen molar-refractivity contribution >= 4 is 35.1 Å². The van der Waals surface area contributed by atoms with Gasteiger partial charge in [0.2, 0.25) is 5.91 Å². The number of hydrogen-bond donors (Lipinski definition) is 4. The number of rotatable bonds is 14. The first-order chi connectivity index (χ1) is 10.2. The highest BCUT2D eigenvalue weighted by Crippen LogP contribution is 2.11. The molecule has 0 saturated heterocycles. The molecule has 0 bridgehead atoms. The van der Waals surface area contributed by atoms with E-state index in [0.717, 1.165) is 19.4 Å². The van der Waals surface area contributed by atoms with E-state index in [0.29, 0.717) is 10.7 Å². The van der Waals surface area contributed by atoms with Crippen LogP contribution in [0.3, 0.4) is 0 Å². The lowest BCUT2D eigenvalue weighted by molar-refractivity contribution is -0.129. The molecule has 0 aliphatic heterocycles. The predicted molar refractivity (Wildman–Crippen MR) is 94.9 cm³/mol. The minimum Gasteiger partial charge on any atom is -0.371 e. The highest BCUT2D eigenvalue weighted by Gasteiger charge is 1.98. The molecule has 0 fully saturated rings. The highest BCUT2D eigenvalue weighted by atomic mass is 32.1. The average molecular weight is 335 g/mol. The van der Waals surface area contributed by atoms with E-state index < -0.39 is 0 Å². The van der Waals surface area contributed by atoms with Crippen LogP contribution in [-0.2, 0) is 4.79 Å². The number of amides is 1. The van der Waals surface area contributed by atoms with E-state index in [4.69, 9.17) is 17.4 Å². The smallest absolute Gasteiger partial charge is 0.243 e. The molecular formula is C15H30N2O2S2. The number of unbranched alkanes of at least 4 members (excludes halogenated alkanes) is 10. The molecule has 0 radical (unpaired) electrons. The van der Waals surface area contributed by atoms with Crippen molar-refractivity contribution < 1.29 is 10.0 Å². The number of nitrogens with one attached hydrogen (secondary N) is 2. The molecule has 0 saturated carbocycles. The summed E-state index contributed by atoms with van der Waals surface area (Å²) in [7, 11) is 0. The Balaban J connectivity index is 3.02. The Bertz CT molecular complexity index is 276. The Morgan fingerprint density at radius 1 is 0.857 bits per heavy atom. The summed E-state index contributed by atoms with van der Waals surface area (Å²) in [6.45, 7) is 0.941. The molecular weight excluding hydrogens is 304 g/mol. The van der Waals surface area contributed by atoms with Crippen LogP contribution in [0.5, 0.6) is 0 Å². The molecule has 6 heteroatoms. The van der Waals surface area contributed by atoms with Gasteiger partial charge in [0.25, 0.3) is 0 Å². The fourth-order valence-corrected chi connectivity index (χ4v) is 2.47. The lowest BCUT2D eigenvalue weighted by Crippen LogP contribution is -2.17. The first-order valence-corrected chi connectivity index (χ1v) is 8.92. The van der Waals surface area contributed by atoms with E-state index in [1.165, 1.54) is 57.8 Å². The van der Waals surface area contributed by atoms with Gasteiger partial charge < -0.3 is 5.32 Å². The Labute approximate surface area is 139 Å². The summed E-state index contributed by atoms with van der Waals surface area (Å²) in [5.74, 6) is -0.276. The van der Waals surface area contributed by atoms with Crippen LogP contribution in [0, 0.1) is 0 Å². The van der Waals surface area contributed by atoms with Gasteiger partial charge in [0.15, 0.2) is 0 Å². The average Bonchev–Trinajstić information content (AvgIpc) is 2.46. The quantitative estimate of drug-likeness (QED) is 0.128. The molecule has 0 heterocycles. The third-order valence-corrected chi connectivity index (χ3v) is 3.78. The Morgan fingerprint density at radius 3 is 1.71 bits per heavy atom. The van der Waals surface area contributed by atoms with Gasteiger partial charge in [-0.2, -0.15) is 0 Å². The van der Waals surface area contributed by atoms with Crippen LogP contribution in [0.4, 0.5) is 0 Å². The van der Waals surface area contributed by atoms with Crippen LogP contribution in [0.25, 0.3) is 0 Å². The third-order valence-electron chi connectivity index (χ3n) is 3.48. The maximum atomic E-state index is 10.8. The molecule has 0 aromatic rings. The van der Waals surface area contributed by atoms with Crippen molar-refractivity contribution in [2.45, 2.75) is 77.0 Å². The molecule has 0 atom stereocenters. The van der Waals surface area contributed by atoms with Gasteiger partial charge in [-0.05, 0) is 12.8 Å². The van der Waals surface area contributed by atoms with Crippen LogP contribution in [0.15, 0.2) is 0 Å². The van der Waals surface area contributed by atoms with Gasteiger partial charge in [0.05, 0.1) is 0 Å². The minimum atomic E-state index is -0.276. The van der Waals surface area contributed by atoms with Crippen molar-refractivity contribution in [3.05, 3.63) is 0 Å². The maximum absolute atomic E-state index is 10.8. The number of hydrogen-bond acceptors (Lipinski definition) is 3. The lowest BCUT2D eigenvalue weighted by Gasteiger charge is -2.04. The molecule has 0 aliphatic carbocycles. The number of carbonyl (C=O) groups excluding carboxylic acids is 1. The maximum Gasteiger partial charge on any atom is 0.243 e. The molecule has 0 aromatic carbocycles. The lowest BCUT2D eigenvalue weighted by atomic mass is 10.1. The van der Waals surface area contributed by atoms with Crippen LogP contribution in [0.2, 0.25) is 0 Å². The third kappa shape index (κ3) is 17.6. The standard InChI is InChI=1S/C15H30N2O2S2/c18-14(17-19)12-10-8-6-4-2-1-3-5-7-9-11-13-16-15(20)21/h19H,1-13H2,(H,17,18)(H2,16,20,21). The van der Waals surface area contributed by atoms with Crippen molar-refractivity contribution in [3.63, 3.8) is 0 Å². The second kappa shape index (κ2) is 16.0. The highest BCUT2D eigenvalue weighted by molar-refractivity contribution is 8.11. The summed E-state index contributed by atoms with van der Waals surface area (Å²) < 4.78 is 0.590. The van der Waals surface area contributed by atoms with E-state index in [9.17, 15) is 4.79 Å². The van der Waals surface area contributed by atoms with E-state index in [1.54, 1.807) is 5.48 Å². The SMILES string of the molecule is O=C(CCCCCCCCCCCCCNC(=S)S)NO. The van der Waals surface area contributed by atoms with Gasteiger partial charge in [0, 0.05) is 13.0 Å². The zero-order valence-electron chi connectivity index (χ0n) is 12.9. The topological polar surface area (TPSA) is 61.4 Å². The second-order valence-electron chi connectivity index (χ2n) is 5.41. The monoisotopic (exact) mass is 334 g/mol. The van der Waals surface area contributed by atoms with E-state index in [2.05, 4.69) is 17.9 Å². The van der Waals surface area contributed by atoms with Gasteiger partial charge in [-0.25, -0.2) is 5.48 Å². The van der Waals surface area contributed by atoms with Crippen LogP contribution < -0.4 is 10.8 Å². The Morgan fingerprint density at radius 2 is 1.29 bits per heavy atom. The fourth-order valence-electron chi connectivity index (χ4n) is 2.25. The Hall–Kier alpha value is -0.330. The van der Waals surface area contributed by atoms with Crippen molar-refractivity contribution in [1.82, 2.24) is 10.8 Å². The minimum absolute atomic E-state index is 0.276. The van der Waals surface area contributed by atoms with Crippen LogP contribution >= 0.6 is 24.8 Å². The van der Waals surface area contributed by atoms with E-state index >= 15 is 0 Å². The predicted octanol–water partition coefficient (Wildman–Crippen LogP) is 3.98. The molecule has 4 nitrogen and oxygen atoms in total. The van der Waals surface area contributed by atoms with Crippen LogP contribution in [-0.4, -0.2) is 22.0 Å². The summed E-state index contributed by atoms with van der Waals surface area (Å²) in [6, 6.07) is 0. The molecule has 3 N–H and O–H groups in total. The molecule has 21 heavy (non-hydrogen) atoms. The first kappa shape index (κ1) is 20.7. The summed E-state index contributed by atoms with van der Waals surface area (Å²) >= 11 is 8.84. The zero-order chi connectivity index (χ0) is 15.8. The van der Waals surface area contributed by atoms with Gasteiger partial charge >= 0.3 is 0 Å². The molecule has 124 valence electrons. The van der Waals surface area contributed by atoms with Gasteiger partial charge in [-0.3, -0.25) is 10.0 Å². The zero-order valence-corrected chi connectivity index (χ0v) is 14.6. The van der Waals surface area contributed by atoms with Crippen molar-refractivity contribution in [1.29, 1.82) is 0 Å². The number of carbonyl (C=O) groups is 1. The summed E-state index contributed by atoms with van der Waals surface area (Å²) in [4.78, 5) is 10.8. The fraction of sp³-hybridized carbons (Fsp3) is 0.867. The molecule has 1 amide bonds. The van der Waals surface area contributed by atoms with E-state index in [1.807, 2.05) is 0 Å². The van der Waals surface area contributed by atoms with Crippen molar-refractivity contribution in [2.24, 2.45) is 0 Å². The summed E-state index contributed by atoms with van der Waals surface area (Å²) in [5, 5.41) is 11.4. The molecule has 0 aliphatic rings. The largest absolute Gasteiger partial charge is 0.371 e. The van der Waals surface area contributed by atoms with Crippen molar-refractivity contribution in [2.75, 3.05) is 6.54 Å². The van der Waals surface area contributed by atoms with Gasteiger partial charge in [0.1, 0.15) is 4.32 Å². The molecule has 0 unspecified atom stereocenters. The molecule has 0 aromatic heterocycles. The van der Waals surface area contributed by atoms with E-state index in [-0.39, 0.29) is 5.91 Å². The second-order valence-corrected chi connectivity index (χ2v) is 6.56. The molecule has 0 spiro atoms. The number of hydroxylamine groups is 1.